The van der Waals surface area contributed by atoms with E-state index in [1.807, 2.05) is 6.07 Å². The van der Waals surface area contributed by atoms with Gasteiger partial charge in [0.2, 0.25) is 0 Å². The Balaban J connectivity index is 2.10. The number of imidazole rings is 1. The largest absolute Gasteiger partial charge is 0.508 e. The van der Waals surface area contributed by atoms with Gasteiger partial charge in [-0.25, -0.2) is 4.98 Å². The van der Waals surface area contributed by atoms with Crippen LogP contribution in [0.4, 0.5) is 0 Å². The number of rotatable bonds is 3. The van der Waals surface area contributed by atoms with Gasteiger partial charge >= 0.3 is 0 Å². The number of aromatic amines is 1. The Bertz CT molecular complexity index is 769. The predicted octanol–water partition coefficient (Wildman–Crippen LogP) is 2.34. The van der Waals surface area contributed by atoms with Crippen LogP contribution in [0, 0.1) is 12.3 Å². The standard InChI is InChI=1S/C15H11N3O2/c1-2-7-20-14-8-10(19)3-4-11(14)15-17-12-5-6-16-9-13(12)18-15/h1,3-6,8-9,19H,7H2,(H,17,18). The lowest BCUT2D eigenvalue weighted by Crippen LogP contribution is -1.96. The second kappa shape index (κ2) is 4.94. The highest BCUT2D eigenvalue weighted by Gasteiger charge is 2.11. The molecule has 1 aromatic carbocycles. The maximum Gasteiger partial charge on any atom is 0.148 e. The summed E-state index contributed by atoms with van der Waals surface area (Å²) in [5, 5.41) is 9.55. The molecule has 98 valence electrons. The van der Waals surface area contributed by atoms with E-state index in [-0.39, 0.29) is 12.4 Å². The zero-order valence-corrected chi connectivity index (χ0v) is 10.5. The van der Waals surface area contributed by atoms with Crippen LogP contribution in [0.15, 0.2) is 36.7 Å². The number of hydrogen-bond acceptors (Lipinski definition) is 4. The van der Waals surface area contributed by atoms with E-state index in [2.05, 4.69) is 20.9 Å². The van der Waals surface area contributed by atoms with Crippen LogP contribution in [0.25, 0.3) is 22.4 Å². The Morgan fingerprint density at radius 3 is 3.05 bits per heavy atom. The first-order chi connectivity index (χ1) is 9.78. The number of hydrogen-bond donors (Lipinski definition) is 2. The smallest absolute Gasteiger partial charge is 0.148 e. The molecule has 5 nitrogen and oxygen atoms in total. The maximum absolute atomic E-state index is 9.55. The molecule has 2 heterocycles. The zero-order chi connectivity index (χ0) is 13.9. The summed E-state index contributed by atoms with van der Waals surface area (Å²) < 4.78 is 5.45. The summed E-state index contributed by atoms with van der Waals surface area (Å²) in [5.74, 6) is 3.63. The van der Waals surface area contributed by atoms with E-state index in [9.17, 15) is 5.11 Å². The molecule has 0 radical (unpaired) electrons. The van der Waals surface area contributed by atoms with Crippen molar-refractivity contribution >= 4 is 11.0 Å². The molecule has 0 aliphatic carbocycles. The van der Waals surface area contributed by atoms with Crippen molar-refractivity contribution in [2.45, 2.75) is 0 Å². The maximum atomic E-state index is 9.55. The van der Waals surface area contributed by atoms with Gasteiger partial charge in [-0.1, -0.05) is 5.92 Å². The summed E-state index contributed by atoms with van der Waals surface area (Å²) in [4.78, 5) is 11.7. The molecule has 3 aromatic rings. The topological polar surface area (TPSA) is 71.0 Å². The summed E-state index contributed by atoms with van der Waals surface area (Å²) in [5.41, 5.74) is 2.37. The average molecular weight is 265 g/mol. The van der Waals surface area contributed by atoms with E-state index in [1.165, 1.54) is 6.07 Å². The van der Waals surface area contributed by atoms with Crippen molar-refractivity contribution in [3.05, 3.63) is 36.7 Å². The zero-order valence-electron chi connectivity index (χ0n) is 10.5. The minimum atomic E-state index is 0.110. The molecule has 0 fully saturated rings. The molecule has 0 amide bonds. The van der Waals surface area contributed by atoms with Crippen LogP contribution in [0.5, 0.6) is 11.5 Å². The quantitative estimate of drug-likeness (QED) is 0.713. The van der Waals surface area contributed by atoms with Gasteiger partial charge in [-0.05, 0) is 18.2 Å². The van der Waals surface area contributed by atoms with Crippen molar-refractivity contribution in [2.24, 2.45) is 0 Å². The highest BCUT2D eigenvalue weighted by atomic mass is 16.5. The van der Waals surface area contributed by atoms with E-state index in [0.717, 1.165) is 16.6 Å². The minimum absolute atomic E-state index is 0.110. The number of aromatic hydroxyl groups is 1. The first-order valence-electron chi connectivity index (χ1n) is 5.97. The number of pyridine rings is 1. The van der Waals surface area contributed by atoms with E-state index in [0.29, 0.717) is 11.6 Å². The van der Waals surface area contributed by atoms with Crippen molar-refractivity contribution in [1.29, 1.82) is 0 Å². The lowest BCUT2D eigenvalue weighted by Gasteiger charge is -2.08. The first-order valence-corrected chi connectivity index (χ1v) is 5.97. The number of terminal acetylenes is 1. The molecular weight excluding hydrogens is 254 g/mol. The van der Waals surface area contributed by atoms with Crippen molar-refractivity contribution in [3.63, 3.8) is 0 Å². The SMILES string of the molecule is C#CCOc1cc(O)ccc1-c1nc2ccncc2[nH]1. The molecule has 20 heavy (non-hydrogen) atoms. The Labute approximate surface area is 115 Å². The number of phenols is 1. The molecule has 2 aromatic heterocycles. The van der Waals surface area contributed by atoms with Gasteiger partial charge in [0.15, 0.2) is 0 Å². The number of nitrogens with one attached hydrogen (secondary N) is 1. The number of aromatic nitrogens is 3. The molecule has 3 rings (SSSR count). The van der Waals surface area contributed by atoms with Gasteiger partial charge in [0.1, 0.15) is 23.9 Å². The van der Waals surface area contributed by atoms with Crippen LogP contribution >= 0.6 is 0 Å². The molecule has 0 unspecified atom stereocenters. The van der Waals surface area contributed by atoms with Crippen molar-refractivity contribution in [3.8, 4) is 35.2 Å². The summed E-state index contributed by atoms with van der Waals surface area (Å²) in [6.45, 7) is 0.123. The fourth-order valence-corrected chi connectivity index (χ4v) is 1.93. The van der Waals surface area contributed by atoms with Crippen LogP contribution in [0.3, 0.4) is 0 Å². The molecule has 5 heteroatoms. The summed E-state index contributed by atoms with van der Waals surface area (Å²) >= 11 is 0. The van der Waals surface area contributed by atoms with Gasteiger partial charge in [-0.2, -0.15) is 0 Å². The van der Waals surface area contributed by atoms with Crippen LogP contribution < -0.4 is 4.74 Å². The van der Waals surface area contributed by atoms with Gasteiger partial charge in [0.25, 0.3) is 0 Å². The molecule has 0 atom stereocenters. The monoisotopic (exact) mass is 265 g/mol. The Morgan fingerprint density at radius 1 is 1.35 bits per heavy atom. The molecule has 0 saturated carbocycles. The number of ether oxygens (including phenoxy) is 1. The molecular formula is C15H11N3O2. The lowest BCUT2D eigenvalue weighted by molar-refractivity contribution is 0.368. The number of fused-ring (bicyclic) bond motifs is 1. The second-order valence-electron chi connectivity index (χ2n) is 4.15. The number of phenolic OH excluding ortho intramolecular Hbond substituents is 1. The predicted molar refractivity (Wildman–Crippen MR) is 75.3 cm³/mol. The summed E-state index contributed by atoms with van der Waals surface area (Å²) in [6.07, 6.45) is 8.58. The number of H-pyrrole nitrogens is 1. The Kier molecular flexibility index (Phi) is 2.98. The van der Waals surface area contributed by atoms with Crippen LogP contribution in [0.1, 0.15) is 0 Å². The van der Waals surface area contributed by atoms with E-state index in [4.69, 9.17) is 11.2 Å². The van der Waals surface area contributed by atoms with Gasteiger partial charge < -0.3 is 14.8 Å². The van der Waals surface area contributed by atoms with Crippen molar-refractivity contribution < 1.29 is 9.84 Å². The first kappa shape index (κ1) is 12.1. The molecule has 2 N–H and O–H groups in total. The van der Waals surface area contributed by atoms with Crippen molar-refractivity contribution in [1.82, 2.24) is 15.0 Å². The number of nitrogens with zero attached hydrogens (tertiary/aromatic N) is 2. The van der Waals surface area contributed by atoms with E-state index in [1.54, 1.807) is 24.5 Å². The summed E-state index contributed by atoms with van der Waals surface area (Å²) in [6, 6.07) is 6.63. The molecule has 0 aliphatic rings. The Morgan fingerprint density at radius 2 is 2.25 bits per heavy atom. The minimum Gasteiger partial charge on any atom is -0.508 e. The molecule has 0 aliphatic heterocycles. The lowest BCUT2D eigenvalue weighted by atomic mass is 10.2. The normalized spacial score (nSPS) is 10.3. The molecule has 0 bridgehead atoms. The fraction of sp³-hybridized carbons (Fsp3) is 0.0667. The summed E-state index contributed by atoms with van der Waals surface area (Å²) in [7, 11) is 0. The highest BCUT2D eigenvalue weighted by Crippen LogP contribution is 2.32. The third kappa shape index (κ3) is 2.15. The third-order valence-corrected chi connectivity index (χ3v) is 2.81. The number of benzene rings is 1. The fourth-order valence-electron chi connectivity index (χ4n) is 1.93. The Hall–Kier alpha value is -3.00. The van der Waals surface area contributed by atoms with Crippen LogP contribution in [0.2, 0.25) is 0 Å². The van der Waals surface area contributed by atoms with Gasteiger partial charge in [0, 0.05) is 12.3 Å². The van der Waals surface area contributed by atoms with E-state index >= 15 is 0 Å². The van der Waals surface area contributed by atoms with Crippen molar-refractivity contribution in [2.75, 3.05) is 6.61 Å². The van der Waals surface area contributed by atoms with Crippen LogP contribution in [-0.4, -0.2) is 26.7 Å². The molecule has 0 saturated heterocycles. The van der Waals surface area contributed by atoms with Crippen LogP contribution in [-0.2, 0) is 0 Å². The highest BCUT2D eigenvalue weighted by molar-refractivity contribution is 5.80. The van der Waals surface area contributed by atoms with E-state index < -0.39 is 0 Å². The van der Waals surface area contributed by atoms with Gasteiger partial charge in [-0.3, -0.25) is 4.98 Å². The third-order valence-electron chi connectivity index (χ3n) is 2.81. The van der Waals surface area contributed by atoms with Gasteiger partial charge in [-0.15, -0.1) is 6.42 Å². The second-order valence-corrected chi connectivity index (χ2v) is 4.15. The molecule has 0 spiro atoms. The van der Waals surface area contributed by atoms with Gasteiger partial charge in [0.05, 0.1) is 22.8 Å². The average Bonchev–Trinajstić information content (AvgIpc) is 2.88.